The predicted molar refractivity (Wildman–Crippen MR) is 142 cm³/mol. The third-order valence-electron chi connectivity index (χ3n) is 12.2. The maximum absolute atomic E-state index is 14.1. The summed E-state index contributed by atoms with van der Waals surface area (Å²) in [6.07, 6.45) is -2.01. The van der Waals surface area contributed by atoms with Gasteiger partial charge in [0.05, 0.1) is 30.5 Å². The number of nitrogens with zero attached hydrogens (tertiary/aromatic N) is 1. The number of piperidine rings is 1. The molecule has 7 bridgehead atoms. The molecular weight excluding hydrogens is 514 g/mol. The monoisotopic (exact) mass is 555 g/mol. The van der Waals surface area contributed by atoms with Crippen molar-refractivity contribution in [1.29, 1.82) is 0 Å². The first-order chi connectivity index (χ1) is 19.3. The number of methoxy groups -OCH3 is 3. The maximum atomic E-state index is 14.1. The van der Waals surface area contributed by atoms with Crippen LogP contribution in [0, 0.1) is 46.3 Å². The quantitative estimate of drug-likeness (QED) is 0.482. The van der Waals surface area contributed by atoms with Crippen LogP contribution in [0.1, 0.15) is 30.1 Å². The highest BCUT2D eigenvalue weighted by Gasteiger charge is 2.86. The van der Waals surface area contributed by atoms with E-state index in [4.69, 9.17) is 18.9 Å². The molecule has 1 unspecified atom stereocenters. The number of aliphatic hydroxyl groups is 2. The number of hydrogen-bond acceptors (Lipinski definition) is 9. The highest BCUT2D eigenvalue weighted by Crippen LogP contribution is 2.78. The molecule has 0 amide bonds. The molecular formula is C31H41NO8. The van der Waals surface area contributed by atoms with Gasteiger partial charge in [0.15, 0.2) is 5.78 Å². The molecule has 1 saturated heterocycles. The Balaban J connectivity index is 1.42. The van der Waals surface area contributed by atoms with Crippen molar-refractivity contribution in [3.8, 4) is 0 Å². The molecule has 0 radical (unpaired) electrons. The van der Waals surface area contributed by atoms with Crippen molar-refractivity contribution >= 4 is 11.8 Å². The Morgan fingerprint density at radius 2 is 1.80 bits per heavy atom. The van der Waals surface area contributed by atoms with Gasteiger partial charge in [-0.1, -0.05) is 25.1 Å². The number of Topliss-reactive ketones (excluding diaryl/α,β-unsaturated/α-hetero) is 1. The average molecular weight is 556 g/mol. The van der Waals surface area contributed by atoms with Gasteiger partial charge in [-0.3, -0.25) is 9.69 Å². The molecule has 218 valence electrons. The fraction of sp³-hybridized carbons (Fsp3) is 0.742. The van der Waals surface area contributed by atoms with Gasteiger partial charge in [-0.25, -0.2) is 4.79 Å². The second kappa shape index (κ2) is 9.31. The summed E-state index contributed by atoms with van der Waals surface area (Å²) in [6, 6.07) is 8.89. The van der Waals surface area contributed by atoms with Crippen LogP contribution in [0.3, 0.4) is 0 Å². The average Bonchev–Trinajstić information content (AvgIpc) is 3.37. The molecule has 2 N–H and O–H groups in total. The molecule has 5 saturated carbocycles. The van der Waals surface area contributed by atoms with Crippen LogP contribution >= 0.6 is 0 Å². The molecule has 5 aliphatic carbocycles. The number of carbonyl (C=O) groups excluding carboxylic acids is 2. The van der Waals surface area contributed by atoms with Crippen LogP contribution in [0.2, 0.25) is 0 Å². The summed E-state index contributed by atoms with van der Waals surface area (Å²) in [5.41, 5.74) is -0.595. The fourth-order valence-corrected chi connectivity index (χ4v) is 11.4. The van der Waals surface area contributed by atoms with Crippen LogP contribution in [0.4, 0.5) is 0 Å². The minimum Gasteiger partial charge on any atom is -0.458 e. The topological polar surface area (TPSA) is 115 Å². The van der Waals surface area contributed by atoms with Crippen LogP contribution in [-0.4, -0.2) is 104 Å². The van der Waals surface area contributed by atoms with Crippen molar-refractivity contribution < 1.29 is 38.7 Å². The summed E-state index contributed by atoms with van der Waals surface area (Å²) in [5.74, 6) is -2.20. The summed E-state index contributed by atoms with van der Waals surface area (Å²) < 4.78 is 24.8. The van der Waals surface area contributed by atoms with E-state index in [1.165, 1.54) is 0 Å². The lowest BCUT2D eigenvalue weighted by molar-refractivity contribution is -0.280. The lowest BCUT2D eigenvalue weighted by Crippen LogP contribution is -2.77. The molecule has 0 aromatic heterocycles. The molecule has 6 aliphatic rings. The van der Waals surface area contributed by atoms with E-state index in [0.29, 0.717) is 31.6 Å². The van der Waals surface area contributed by atoms with E-state index in [0.717, 1.165) is 6.54 Å². The number of aliphatic hydroxyl groups excluding tert-OH is 2. The van der Waals surface area contributed by atoms with Crippen molar-refractivity contribution in [3.63, 3.8) is 0 Å². The third kappa shape index (κ3) is 3.04. The smallest absolute Gasteiger partial charge is 0.338 e. The molecule has 1 heterocycles. The molecule has 6 fully saturated rings. The van der Waals surface area contributed by atoms with Gasteiger partial charge in [0.25, 0.3) is 0 Å². The summed E-state index contributed by atoms with van der Waals surface area (Å²) >= 11 is 0. The Kier molecular flexibility index (Phi) is 6.28. The molecule has 1 aromatic rings. The fourth-order valence-electron chi connectivity index (χ4n) is 11.4. The molecule has 40 heavy (non-hydrogen) atoms. The number of ether oxygens (including phenoxy) is 4. The zero-order valence-corrected chi connectivity index (χ0v) is 23.6. The third-order valence-corrected chi connectivity index (χ3v) is 12.2. The largest absolute Gasteiger partial charge is 0.458 e. The van der Waals surface area contributed by atoms with E-state index in [2.05, 4.69) is 11.8 Å². The normalized spacial score (nSPS) is 50.2. The maximum Gasteiger partial charge on any atom is 0.338 e. The van der Waals surface area contributed by atoms with Crippen molar-refractivity contribution in [3.05, 3.63) is 35.9 Å². The van der Waals surface area contributed by atoms with Gasteiger partial charge in [0.2, 0.25) is 0 Å². The van der Waals surface area contributed by atoms with Gasteiger partial charge in [-0.2, -0.15) is 0 Å². The predicted octanol–water partition coefficient (Wildman–Crippen LogP) is 1.40. The van der Waals surface area contributed by atoms with Gasteiger partial charge >= 0.3 is 5.97 Å². The molecule has 14 atom stereocenters. The zero-order valence-electron chi connectivity index (χ0n) is 23.6. The summed E-state index contributed by atoms with van der Waals surface area (Å²) in [5, 5.41) is 23.3. The number of carbonyl (C=O) groups is 2. The Morgan fingerprint density at radius 3 is 2.45 bits per heavy atom. The molecule has 9 heteroatoms. The van der Waals surface area contributed by atoms with Crippen LogP contribution in [0.25, 0.3) is 0 Å². The van der Waals surface area contributed by atoms with Crippen molar-refractivity contribution in [2.24, 2.45) is 46.3 Å². The zero-order chi connectivity index (χ0) is 28.1. The van der Waals surface area contributed by atoms with Crippen molar-refractivity contribution in [1.82, 2.24) is 4.90 Å². The van der Waals surface area contributed by atoms with Gasteiger partial charge in [0, 0.05) is 80.8 Å². The number of fused-ring (bicyclic) bond motifs is 2. The second-order valence-electron chi connectivity index (χ2n) is 13.1. The number of esters is 1. The molecule has 1 aliphatic heterocycles. The lowest BCUT2D eigenvalue weighted by atomic mass is 9.43. The summed E-state index contributed by atoms with van der Waals surface area (Å²) in [6.45, 7) is 3.90. The number of ketones is 1. The Hall–Kier alpha value is -1.88. The van der Waals surface area contributed by atoms with Gasteiger partial charge in [-0.05, 0) is 31.0 Å². The van der Waals surface area contributed by atoms with E-state index in [-0.39, 0.29) is 47.7 Å². The van der Waals surface area contributed by atoms with E-state index >= 15 is 0 Å². The molecule has 1 aromatic carbocycles. The van der Waals surface area contributed by atoms with Crippen LogP contribution < -0.4 is 0 Å². The lowest BCUT2D eigenvalue weighted by Gasteiger charge is -2.69. The first-order valence-corrected chi connectivity index (χ1v) is 14.8. The van der Waals surface area contributed by atoms with E-state index in [9.17, 15) is 19.8 Å². The van der Waals surface area contributed by atoms with Gasteiger partial charge in [-0.15, -0.1) is 0 Å². The number of likely N-dealkylation sites (tertiary alicyclic amines) is 1. The van der Waals surface area contributed by atoms with Gasteiger partial charge in [0.1, 0.15) is 12.2 Å². The Labute approximate surface area is 235 Å². The summed E-state index contributed by atoms with van der Waals surface area (Å²) in [4.78, 5) is 29.9. The van der Waals surface area contributed by atoms with E-state index in [1.54, 1.807) is 45.6 Å². The highest BCUT2D eigenvalue weighted by molar-refractivity contribution is 5.91. The first-order valence-electron chi connectivity index (χ1n) is 14.8. The number of rotatable bonds is 7. The van der Waals surface area contributed by atoms with Crippen molar-refractivity contribution in [2.45, 2.75) is 56.3 Å². The minimum atomic E-state index is -1.19. The second-order valence-corrected chi connectivity index (χ2v) is 13.1. The first kappa shape index (κ1) is 27.0. The van der Waals surface area contributed by atoms with E-state index < -0.39 is 46.9 Å². The van der Waals surface area contributed by atoms with Crippen LogP contribution in [-0.2, 0) is 23.7 Å². The van der Waals surface area contributed by atoms with E-state index in [1.807, 2.05) is 6.07 Å². The highest BCUT2D eigenvalue weighted by atomic mass is 16.5. The van der Waals surface area contributed by atoms with Crippen LogP contribution in [0.15, 0.2) is 30.3 Å². The molecule has 1 spiro atoms. The van der Waals surface area contributed by atoms with Gasteiger partial charge < -0.3 is 29.2 Å². The Bertz CT molecular complexity index is 1180. The Morgan fingerprint density at radius 1 is 1.05 bits per heavy atom. The number of benzene rings is 1. The summed E-state index contributed by atoms with van der Waals surface area (Å²) in [7, 11) is 5.10. The van der Waals surface area contributed by atoms with Crippen molar-refractivity contribution in [2.75, 3.05) is 41.0 Å². The molecule has 9 nitrogen and oxygen atoms in total. The van der Waals surface area contributed by atoms with Crippen LogP contribution in [0.5, 0.6) is 0 Å². The number of hydrogen-bond donors (Lipinski definition) is 2. The minimum absolute atomic E-state index is 0.0143. The SMILES string of the molecule is CCN1C[C@]2(COC)[C@H](O)C[C@H](OC)[C@]34C1[C@@H]([C@H](OC)[C@H]23)[C@H]1C(=O)[C@H](O)[C@H]2C[C@@H]4[C@@H]1[C@H]2OC(=O)c1ccccc1. The standard InChI is InChI=1S/C31H41NO8/c1-5-32-13-30(14-37-2)18(33)12-19(38-3)31-17-11-16-23(34)24(35)21(22(28(31)32)26(39-4)27(30)31)20(17)25(16)40-29(36)15-9-7-6-8-10-15/h6-10,16-23,25-28,33-34H,5,11-14H2,1-4H3/t16-,17-,18-,19+,20+,21+,22-,23-,25+,26+,27-,28?,30+,31+/m1/s1. The molecule has 7 rings (SSSR count).